The highest BCUT2D eigenvalue weighted by Crippen LogP contribution is 2.49. The van der Waals surface area contributed by atoms with Crippen molar-refractivity contribution in [1.82, 2.24) is 25.2 Å². The summed E-state index contributed by atoms with van der Waals surface area (Å²) in [5, 5.41) is 3.98. The Kier molecular flexibility index (Phi) is 6.97. The molecule has 3 aromatic rings. The average molecular weight is 660 g/mol. The van der Waals surface area contributed by atoms with Gasteiger partial charge in [-0.25, -0.2) is 13.2 Å². The Labute approximate surface area is 267 Å². The van der Waals surface area contributed by atoms with Crippen molar-refractivity contribution in [3.8, 4) is 17.3 Å². The number of benzene rings is 1. The van der Waals surface area contributed by atoms with Crippen molar-refractivity contribution in [2.24, 2.45) is 5.92 Å². The topological polar surface area (TPSA) is 92.4 Å². The molecule has 4 saturated heterocycles. The molecule has 0 amide bonds. The normalized spacial score (nSPS) is 28.5. The van der Waals surface area contributed by atoms with Gasteiger partial charge in [-0.3, -0.25) is 9.88 Å². The Balaban J connectivity index is 1.26. The second kappa shape index (κ2) is 10.7. The minimum atomic E-state index is -5.01. The number of nitrogens with two attached hydrogens (primary N) is 1. The quantitative estimate of drug-likeness (QED) is 0.244. The molecule has 5 aliphatic rings. The first-order chi connectivity index (χ1) is 22.4. The van der Waals surface area contributed by atoms with Crippen molar-refractivity contribution >= 4 is 22.4 Å². The molecular weight excluding hydrogens is 624 g/mol. The van der Waals surface area contributed by atoms with Gasteiger partial charge >= 0.3 is 12.2 Å². The summed E-state index contributed by atoms with van der Waals surface area (Å²) in [5.74, 6) is -1.77. The number of anilines is 2. The highest BCUT2D eigenvalue weighted by Gasteiger charge is 2.53. The van der Waals surface area contributed by atoms with E-state index in [9.17, 15) is 17.6 Å². The average Bonchev–Trinajstić information content (AvgIpc) is 3.64. The summed E-state index contributed by atoms with van der Waals surface area (Å²) < 4.78 is 94.6. The maximum atomic E-state index is 16.7. The molecule has 2 bridgehead atoms. The van der Waals surface area contributed by atoms with Gasteiger partial charge < -0.3 is 20.7 Å². The van der Waals surface area contributed by atoms with Gasteiger partial charge in [-0.15, -0.1) is 0 Å². The van der Waals surface area contributed by atoms with E-state index in [0.29, 0.717) is 49.7 Å². The zero-order valence-corrected chi connectivity index (χ0v) is 25.9. The van der Waals surface area contributed by atoms with Crippen LogP contribution in [0.25, 0.3) is 22.2 Å². The van der Waals surface area contributed by atoms with E-state index < -0.39 is 45.9 Å². The molecule has 4 aliphatic heterocycles. The maximum Gasteiger partial charge on any atom is 0.417 e. The van der Waals surface area contributed by atoms with Gasteiger partial charge in [0.25, 0.3) is 0 Å². The Hall–Kier alpha value is -3.65. The molecule has 1 aliphatic carbocycles. The number of pyridine rings is 1. The molecule has 8 rings (SSSR count). The minimum Gasteiger partial charge on any atom is -0.461 e. The molecule has 2 aromatic heterocycles. The molecule has 6 heterocycles. The number of aryl methyl sites for hydroxylation is 1. The molecule has 3 N–H and O–H groups in total. The summed E-state index contributed by atoms with van der Waals surface area (Å²) in [6, 6.07) is 0.901. The van der Waals surface area contributed by atoms with E-state index in [0.717, 1.165) is 58.1 Å². The first-order valence-corrected chi connectivity index (χ1v) is 16.1. The predicted octanol–water partition coefficient (Wildman–Crippen LogP) is 6.07. The van der Waals surface area contributed by atoms with E-state index >= 15 is 8.78 Å². The van der Waals surface area contributed by atoms with Crippen molar-refractivity contribution in [2.75, 3.05) is 43.4 Å². The van der Waals surface area contributed by atoms with Gasteiger partial charge in [0.05, 0.1) is 34.1 Å². The van der Waals surface area contributed by atoms with E-state index in [2.05, 4.69) is 25.1 Å². The van der Waals surface area contributed by atoms with Gasteiger partial charge in [-0.05, 0) is 81.5 Å². The fourth-order valence-electron chi connectivity index (χ4n) is 8.72. The number of nitrogens with zero attached hydrogens (tertiary/aromatic N) is 5. The first kappa shape index (κ1) is 30.7. The fourth-order valence-corrected chi connectivity index (χ4v) is 8.72. The van der Waals surface area contributed by atoms with Crippen molar-refractivity contribution in [3.05, 3.63) is 46.9 Å². The third kappa shape index (κ3) is 4.92. The van der Waals surface area contributed by atoms with E-state index in [1.54, 1.807) is 0 Å². The lowest BCUT2D eigenvalue weighted by atomic mass is 9.90. The molecule has 0 spiro atoms. The van der Waals surface area contributed by atoms with Crippen LogP contribution < -0.4 is 20.7 Å². The van der Waals surface area contributed by atoms with Crippen molar-refractivity contribution in [2.45, 2.75) is 75.2 Å². The van der Waals surface area contributed by atoms with Gasteiger partial charge in [0.2, 0.25) is 0 Å². The van der Waals surface area contributed by atoms with E-state index in [1.807, 2.05) is 0 Å². The number of piperazine rings is 1. The van der Waals surface area contributed by atoms with Crippen LogP contribution in [0, 0.1) is 24.5 Å². The molecule has 1 aromatic carbocycles. The predicted molar refractivity (Wildman–Crippen MR) is 164 cm³/mol. The number of nitrogens with one attached hydrogen (secondary N) is 1. The molecule has 250 valence electrons. The van der Waals surface area contributed by atoms with Gasteiger partial charge in [0.1, 0.15) is 23.6 Å². The third-order valence-corrected chi connectivity index (χ3v) is 11.0. The number of fused-ring (bicyclic) bond motifs is 4. The van der Waals surface area contributed by atoms with Crippen LogP contribution in [0.4, 0.5) is 37.8 Å². The molecule has 1 saturated carbocycles. The summed E-state index contributed by atoms with van der Waals surface area (Å²) in [4.78, 5) is 17.5. The Morgan fingerprint density at radius 3 is 2.70 bits per heavy atom. The second-order valence-electron chi connectivity index (χ2n) is 14.0. The molecule has 2 unspecified atom stereocenters. The summed E-state index contributed by atoms with van der Waals surface area (Å²) >= 11 is 0. The van der Waals surface area contributed by atoms with Crippen LogP contribution in [-0.2, 0) is 6.18 Å². The van der Waals surface area contributed by atoms with Crippen LogP contribution in [-0.4, -0.2) is 69.8 Å². The monoisotopic (exact) mass is 659 g/mol. The summed E-state index contributed by atoms with van der Waals surface area (Å²) in [6.45, 7) is 3.71. The Morgan fingerprint density at radius 2 is 1.96 bits per heavy atom. The second-order valence-corrected chi connectivity index (χ2v) is 14.0. The van der Waals surface area contributed by atoms with E-state index in [-0.39, 0.29) is 40.7 Å². The lowest BCUT2D eigenvalue weighted by Crippen LogP contribution is -2.61. The van der Waals surface area contributed by atoms with Gasteiger partial charge in [0, 0.05) is 37.4 Å². The zero-order valence-electron chi connectivity index (χ0n) is 25.9. The van der Waals surface area contributed by atoms with E-state index in [4.69, 9.17) is 15.5 Å². The fraction of sp³-hybridized carbons (Fsp3) is 0.545. The Morgan fingerprint density at radius 1 is 1.15 bits per heavy atom. The zero-order chi connectivity index (χ0) is 32.9. The molecule has 0 radical (unpaired) electrons. The van der Waals surface area contributed by atoms with Crippen LogP contribution >= 0.6 is 0 Å². The van der Waals surface area contributed by atoms with Crippen LogP contribution in [0.15, 0.2) is 24.2 Å². The minimum absolute atomic E-state index is 0.112. The molecule has 47 heavy (non-hydrogen) atoms. The number of hydrogen-bond donors (Lipinski definition) is 2. The van der Waals surface area contributed by atoms with Gasteiger partial charge in [-0.1, -0.05) is 0 Å². The number of ether oxygens (including phenoxy) is 1. The van der Waals surface area contributed by atoms with E-state index in [1.165, 1.54) is 6.20 Å². The summed E-state index contributed by atoms with van der Waals surface area (Å²) in [5.41, 5.74) is 1.30. The maximum absolute atomic E-state index is 16.7. The number of rotatable bonds is 6. The van der Waals surface area contributed by atoms with Crippen molar-refractivity contribution in [1.29, 1.82) is 0 Å². The SMILES string of the molecule is Cc1cc(N)c(F)c(-c2ncc3c(N4CC5CCC(C6CC6)(C4)N5)nc(OC[C@@]45CCCN4C/C(=C\F)C5)nc3c2F)c1C(F)(F)F. The smallest absolute Gasteiger partial charge is 0.417 e. The molecule has 3 atom stereocenters. The lowest BCUT2D eigenvalue weighted by molar-refractivity contribution is -0.137. The standard InChI is InChI=1S/C33H35F6N7O/c1-17-9-22(40)25(35)23(24(17)33(37,38)39)28-26(36)27-21(12-41-28)29(45-14-20-5-7-32(15-45,44-20)19-3-4-19)43-30(42-27)47-16-31-6-2-8-46(31)13-18(10-31)11-34/h9,11-12,19-20,44H,2-8,10,13-16,40H2,1H3/b18-11-/t20?,31-,32?/m0/s1. The molecule has 14 heteroatoms. The summed E-state index contributed by atoms with van der Waals surface area (Å²) in [7, 11) is 0. The first-order valence-electron chi connectivity index (χ1n) is 16.1. The van der Waals surface area contributed by atoms with Crippen LogP contribution in [0.2, 0.25) is 0 Å². The number of halogens is 6. The van der Waals surface area contributed by atoms with Gasteiger partial charge in [-0.2, -0.15) is 23.1 Å². The Bertz CT molecular complexity index is 1810. The largest absolute Gasteiger partial charge is 0.461 e. The molecule has 8 nitrogen and oxygen atoms in total. The number of hydrogen-bond acceptors (Lipinski definition) is 8. The highest BCUT2D eigenvalue weighted by atomic mass is 19.4. The van der Waals surface area contributed by atoms with Crippen molar-refractivity contribution in [3.63, 3.8) is 0 Å². The number of aromatic nitrogens is 3. The highest BCUT2D eigenvalue weighted by molar-refractivity contribution is 5.92. The lowest BCUT2D eigenvalue weighted by Gasteiger charge is -2.42. The molecular formula is C33H35F6N7O. The van der Waals surface area contributed by atoms with Crippen LogP contribution in [0.3, 0.4) is 0 Å². The van der Waals surface area contributed by atoms with Crippen LogP contribution in [0.5, 0.6) is 6.01 Å². The van der Waals surface area contributed by atoms with Gasteiger partial charge in [0.15, 0.2) is 11.6 Å². The third-order valence-electron chi connectivity index (χ3n) is 11.0. The summed E-state index contributed by atoms with van der Waals surface area (Å²) in [6.07, 6.45) is 3.20. The van der Waals surface area contributed by atoms with Crippen molar-refractivity contribution < 1.29 is 31.1 Å². The number of alkyl halides is 3. The number of nitrogen functional groups attached to an aromatic ring is 1. The van der Waals surface area contributed by atoms with Crippen LogP contribution in [0.1, 0.15) is 56.1 Å². The molecule has 5 fully saturated rings.